The van der Waals surface area contributed by atoms with Gasteiger partial charge in [-0.1, -0.05) is 30.3 Å². The average molecular weight is 454 g/mol. The number of rotatable bonds is 5. The third-order valence-corrected chi connectivity index (χ3v) is 9.16. The molecule has 0 aromatic heterocycles. The molecule has 0 saturated carbocycles. The Labute approximate surface area is 187 Å². The second-order valence-electron chi connectivity index (χ2n) is 7.60. The Morgan fingerprint density at radius 3 is 2.55 bits per heavy atom. The van der Waals surface area contributed by atoms with Crippen LogP contribution >= 0.6 is 11.8 Å². The lowest BCUT2D eigenvalue weighted by atomic mass is 10.1. The second-order valence-corrected chi connectivity index (χ2v) is 10.7. The number of thioether (sulfide) groups is 1. The van der Waals surface area contributed by atoms with Crippen LogP contribution in [-0.2, 0) is 16.4 Å². The summed E-state index contributed by atoms with van der Waals surface area (Å²) in [6.07, 6.45) is 0.761. The number of hydrogen-bond acceptors (Lipinski definition) is 5. The van der Waals surface area contributed by atoms with E-state index in [0.29, 0.717) is 22.9 Å². The van der Waals surface area contributed by atoms with Crippen molar-refractivity contribution in [1.29, 1.82) is 0 Å². The number of nitrogens with zero attached hydrogens (tertiary/aromatic N) is 1. The molecule has 1 fully saturated rings. The highest BCUT2D eigenvalue weighted by Gasteiger charge is 2.39. The van der Waals surface area contributed by atoms with E-state index in [1.54, 1.807) is 36.4 Å². The maximum absolute atomic E-state index is 13.7. The molecular weight excluding hydrogens is 430 g/mol. The highest BCUT2D eigenvalue weighted by atomic mass is 32.2. The first-order valence-electron chi connectivity index (χ1n) is 10.1. The van der Waals surface area contributed by atoms with Crippen molar-refractivity contribution < 1.29 is 17.9 Å². The third-order valence-electron chi connectivity index (χ3n) is 5.92. The minimum absolute atomic E-state index is 0.341. The van der Waals surface area contributed by atoms with Gasteiger partial charge in [0.15, 0.2) is 0 Å². The number of fused-ring (bicyclic) bond motifs is 3. The zero-order chi connectivity index (χ0) is 21.6. The molecule has 31 heavy (non-hydrogen) atoms. The molecular formula is C24H23NO4S2. The van der Waals surface area contributed by atoms with Crippen LogP contribution in [0.3, 0.4) is 0 Å². The molecule has 160 valence electrons. The van der Waals surface area contributed by atoms with Gasteiger partial charge in [0.05, 0.1) is 24.5 Å². The summed E-state index contributed by atoms with van der Waals surface area (Å²) in [4.78, 5) is 0.341. The van der Waals surface area contributed by atoms with Crippen LogP contribution in [0.25, 0.3) is 11.1 Å². The fourth-order valence-electron chi connectivity index (χ4n) is 4.40. The summed E-state index contributed by atoms with van der Waals surface area (Å²) < 4.78 is 39.9. The third kappa shape index (κ3) is 3.41. The molecule has 1 aliphatic heterocycles. The molecule has 0 radical (unpaired) electrons. The summed E-state index contributed by atoms with van der Waals surface area (Å²) >= 11 is 1.60. The van der Waals surface area contributed by atoms with Gasteiger partial charge >= 0.3 is 0 Å². The number of methoxy groups -OCH3 is 2. The van der Waals surface area contributed by atoms with Gasteiger partial charge in [0, 0.05) is 17.9 Å². The van der Waals surface area contributed by atoms with Gasteiger partial charge in [-0.05, 0) is 59.0 Å². The Balaban J connectivity index is 1.52. The lowest BCUT2D eigenvalue weighted by Crippen LogP contribution is -2.30. The van der Waals surface area contributed by atoms with Crippen molar-refractivity contribution in [1.82, 2.24) is 4.31 Å². The lowest BCUT2D eigenvalue weighted by molar-refractivity contribution is 0.382. The Morgan fingerprint density at radius 2 is 1.74 bits per heavy atom. The first-order valence-corrected chi connectivity index (χ1v) is 12.6. The quantitative estimate of drug-likeness (QED) is 0.438. The van der Waals surface area contributed by atoms with E-state index in [0.717, 1.165) is 28.9 Å². The van der Waals surface area contributed by atoms with E-state index in [1.807, 2.05) is 42.5 Å². The Hall–Kier alpha value is -2.48. The van der Waals surface area contributed by atoms with Crippen LogP contribution in [0.4, 0.5) is 0 Å². The van der Waals surface area contributed by atoms with Crippen molar-refractivity contribution in [3.05, 3.63) is 77.4 Å². The molecule has 0 unspecified atom stereocenters. The molecule has 1 heterocycles. The van der Waals surface area contributed by atoms with Gasteiger partial charge in [-0.25, -0.2) is 8.42 Å². The Kier molecular flexibility index (Phi) is 5.20. The maximum Gasteiger partial charge on any atom is 0.244 e. The van der Waals surface area contributed by atoms with Gasteiger partial charge in [-0.3, -0.25) is 0 Å². The molecule has 1 aliphatic carbocycles. The number of sulfonamides is 1. The summed E-state index contributed by atoms with van der Waals surface area (Å²) in [5.41, 5.74) is 5.42. The Morgan fingerprint density at radius 1 is 0.935 bits per heavy atom. The van der Waals surface area contributed by atoms with Crippen LogP contribution in [0.2, 0.25) is 0 Å². The van der Waals surface area contributed by atoms with Gasteiger partial charge in [0.1, 0.15) is 11.5 Å². The normalized spacial score (nSPS) is 17.9. The summed E-state index contributed by atoms with van der Waals surface area (Å²) in [5, 5.41) is -0.361. The molecule has 1 saturated heterocycles. The van der Waals surface area contributed by atoms with Crippen LogP contribution in [-0.4, -0.2) is 39.2 Å². The van der Waals surface area contributed by atoms with Crippen molar-refractivity contribution in [2.75, 3.05) is 26.5 Å². The number of benzene rings is 3. The van der Waals surface area contributed by atoms with Gasteiger partial charge in [-0.2, -0.15) is 4.31 Å². The van der Waals surface area contributed by atoms with E-state index >= 15 is 0 Å². The van der Waals surface area contributed by atoms with Crippen molar-refractivity contribution in [3.8, 4) is 22.6 Å². The van der Waals surface area contributed by atoms with Gasteiger partial charge < -0.3 is 9.47 Å². The molecule has 3 aromatic carbocycles. The first-order chi connectivity index (χ1) is 15.0. The van der Waals surface area contributed by atoms with E-state index in [2.05, 4.69) is 12.1 Å². The van der Waals surface area contributed by atoms with Gasteiger partial charge in [0.2, 0.25) is 10.0 Å². The van der Waals surface area contributed by atoms with Crippen LogP contribution in [0.15, 0.2) is 65.6 Å². The minimum Gasteiger partial charge on any atom is -0.497 e. The van der Waals surface area contributed by atoms with Crippen LogP contribution in [0.5, 0.6) is 11.5 Å². The largest absolute Gasteiger partial charge is 0.497 e. The van der Waals surface area contributed by atoms with E-state index in [9.17, 15) is 8.42 Å². The van der Waals surface area contributed by atoms with Crippen LogP contribution in [0, 0.1) is 0 Å². The topological polar surface area (TPSA) is 55.8 Å². The predicted octanol–water partition coefficient (Wildman–Crippen LogP) is 4.71. The molecule has 1 atom stereocenters. The SMILES string of the molecule is COc1ccc(OC)c([C@@H]2SCCN2S(=O)(=O)c2ccc3c(c2)Cc2ccccc2-3)c1. The zero-order valence-corrected chi connectivity index (χ0v) is 19.0. The molecule has 0 bridgehead atoms. The van der Waals surface area contributed by atoms with Gasteiger partial charge in [0.25, 0.3) is 0 Å². The highest BCUT2D eigenvalue weighted by molar-refractivity contribution is 8.01. The monoisotopic (exact) mass is 453 g/mol. The number of ether oxygens (including phenoxy) is 2. The molecule has 0 amide bonds. The highest BCUT2D eigenvalue weighted by Crippen LogP contribution is 2.46. The van der Waals surface area contributed by atoms with Crippen molar-refractivity contribution in [3.63, 3.8) is 0 Å². The molecule has 5 rings (SSSR count). The number of hydrogen-bond donors (Lipinski definition) is 0. The van der Waals surface area contributed by atoms with E-state index < -0.39 is 10.0 Å². The van der Waals surface area contributed by atoms with Crippen molar-refractivity contribution >= 4 is 21.8 Å². The predicted molar refractivity (Wildman–Crippen MR) is 123 cm³/mol. The van der Waals surface area contributed by atoms with Crippen molar-refractivity contribution in [2.45, 2.75) is 16.7 Å². The smallest absolute Gasteiger partial charge is 0.244 e. The summed E-state index contributed by atoms with van der Waals surface area (Å²) in [6, 6.07) is 19.3. The van der Waals surface area contributed by atoms with Crippen molar-refractivity contribution in [2.24, 2.45) is 0 Å². The fourth-order valence-corrected chi connectivity index (χ4v) is 7.69. The summed E-state index contributed by atoms with van der Waals surface area (Å²) in [5.74, 6) is 2.06. The summed E-state index contributed by atoms with van der Waals surface area (Å²) in [7, 11) is -0.473. The minimum atomic E-state index is -3.67. The average Bonchev–Trinajstić information content (AvgIpc) is 3.43. The Bertz CT molecular complexity index is 1260. The maximum atomic E-state index is 13.7. The fraction of sp³-hybridized carbons (Fsp3) is 0.250. The zero-order valence-electron chi connectivity index (χ0n) is 17.4. The second kappa shape index (κ2) is 7.89. The van der Waals surface area contributed by atoms with Crippen LogP contribution < -0.4 is 9.47 Å². The standard InChI is InChI=1S/C24H23NO4S2/c1-28-18-7-10-23(29-2)22(15-18)24-25(11-12-30-24)31(26,27)19-8-9-21-17(14-19)13-16-5-3-4-6-20(16)21/h3-10,14-15,24H,11-13H2,1-2H3/t24-/m0/s1. The van der Waals surface area contributed by atoms with Crippen LogP contribution in [0.1, 0.15) is 22.1 Å². The molecule has 3 aromatic rings. The lowest BCUT2D eigenvalue weighted by Gasteiger charge is -2.25. The van der Waals surface area contributed by atoms with Gasteiger partial charge in [-0.15, -0.1) is 11.8 Å². The molecule has 0 N–H and O–H groups in total. The van der Waals surface area contributed by atoms with E-state index in [4.69, 9.17) is 9.47 Å². The first kappa shape index (κ1) is 20.4. The molecule has 2 aliphatic rings. The van der Waals surface area contributed by atoms with E-state index in [1.165, 1.54) is 11.1 Å². The molecule has 7 heteroatoms. The molecule has 5 nitrogen and oxygen atoms in total. The summed E-state index contributed by atoms with van der Waals surface area (Å²) in [6.45, 7) is 0.454. The van der Waals surface area contributed by atoms with E-state index in [-0.39, 0.29) is 5.37 Å². The molecule has 0 spiro atoms.